The monoisotopic (exact) mass is 269 g/mol. The van der Waals surface area contributed by atoms with Gasteiger partial charge in [-0.1, -0.05) is 23.8 Å². The number of hydrogen-bond acceptors (Lipinski definition) is 2. The van der Waals surface area contributed by atoms with Crippen LogP contribution in [0.5, 0.6) is 0 Å². The first-order valence-electron chi connectivity index (χ1n) is 6.91. The van der Waals surface area contributed by atoms with Gasteiger partial charge < -0.3 is 4.90 Å². The Bertz CT molecular complexity index is 653. The van der Waals surface area contributed by atoms with Crippen LogP contribution in [-0.2, 0) is 24.3 Å². The van der Waals surface area contributed by atoms with E-state index in [1.165, 1.54) is 16.7 Å². The number of nitrogens with one attached hydrogen (secondary N) is 1. The summed E-state index contributed by atoms with van der Waals surface area (Å²) in [6.07, 6.45) is 0.432. The highest BCUT2D eigenvalue weighted by Crippen LogP contribution is 2.24. The van der Waals surface area contributed by atoms with Crippen molar-refractivity contribution in [3.63, 3.8) is 0 Å². The van der Waals surface area contributed by atoms with Crippen LogP contribution in [-0.4, -0.2) is 21.0 Å². The minimum absolute atomic E-state index is 0.173. The molecule has 1 aliphatic heterocycles. The lowest BCUT2D eigenvalue weighted by Gasteiger charge is -2.15. The molecule has 1 aromatic carbocycles. The normalized spacial score (nSPS) is 13.7. The number of rotatable bonds is 2. The van der Waals surface area contributed by atoms with Gasteiger partial charge >= 0.3 is 0 Å². The van der Waals surface area contributed by atoms with E-state index in [9.17, 15) is 4.79 Å². The van der Waals surface area contributed by atoms with Crippen LogP contribution in [0.15, 0.2) is 18.2 Å². The van der Waals surface area contributed by atoms with Crippen LogP contribution in [0.2, 0.25) is 0 Å². The maximum Gasteiger partial charge on any atom is 0.227 e. The highest BCUT2D eigenvalue weighted by molar-refractivity contribution is 5.80. The van der Waals surface area contributed by atoms with Crippen molar-refractivity contribution >= 4 is 5.91 Å². The molecule has 0 fully saturated rings. The lowest BCUT2D eigenvalue weighted by molar-refractivity contribution is -0.131. The summed E-state index contributed by atoms with van der Waals surface area (Å²) in [7, 11) is 0. The molecule has 0 saturated carbocycles. The predicted octanol–water partition coefficient (Wildman–Crippen LogP) is 2.42. The predicted molar refractivity (Wildman–Crippen MR) is 77.2 cm³/mol. The van der Waals surface area contributed by atoms with Crippen molar-refractivity contribution in [3.05, 3.63) is 51.8 Å². The number of H-pyrrole nitrogens is 1. The number of aromatic nitrogens is 2. The fourth-order valence-corrected chi connectivity index (χ4v) is 2.80. The minimum atomic E-state index is 0.173. The minimum Gasteiger partial charge on any atom is -0.334 e. The number of aryl methyl sites for hydroxylation is 3. The molecule has 3 rings (SSSR count). The molecular weight excluding hydrogens is 250 g/mol. The highest BCUT2D eigenvalue weighted by atomic mass is 16.2. The molecule has 104 valence electrons. The van der Waals surface area contributed by atoms with E-state index in [4.69, 9.17) is 0 Å². The maximum atomic E-state index is 12.5. The molecule has 20 heavy (non-hydrogen) atoms. The van der Waals surface area contributed by atoms with Crippen LogP contribution in [0.1, 0.15) is 33.6 Å². The smallest absolute Gasteiger partial charge is 0.227 e. The van der Waals surface area contributed by atoms with Gasteiger partial charge in [0, 0.05) is 24.3 Å². The number of amides is 1. The maximum absolute atomic E-state index is 12.5. The molecule has 4 heteroatoms. The second-order valence-electron chi connectivity index (χ2n) is 5.61. The van der Waals surface area contributed by atoms with Crippen LogP contribution in [0.3, 0.4) is 0 Å². The summed E-state index contributed by atoms with van der Waals surface area (Å²) in [5, 5.41) is 7.09. The van der Waals surface area contributed by atoms with E-state index in [2.05, 4.69) is 35.3 Å². The molecule has 0 spiro atoms. The van der Waals surface area contributed by atoms with Gasteiger partial charge in [0.25, 0.3) is 0 Å². The van der Waals surface area contributed by atoms with Gasteiger partial charge in [0.1, 0.15) is 0 Å². The highest BCUT2D eigenvalue weighted by Gasteiger charge is 2.24. The summed E-state index contributed by atoms with van der Waals surface area (Å²) in [6, 6.07) is 6.42. The lowest BCUT2D eigenvalue weighted by Crippen LogP contribution is -2.27. The summed E-state index contributed by atoms with van der Waals surface area (Å²) in [5.41, 5.74) is 6.73. The van der Waals surface area contributed by atoms with E-state index in [-0.39, 0.29) is 5.91 Å². The van der Waals surface area contributed by atoms with Crippen LogP contribution >= 0.6 is 0 Å². The van der Waals surface area contributed by atoms with E-state index in [1.807, 2.05) is 18.7 Å². The van der Waals surface area contributed by atoms with Gasteiger partial charge in [-0.05, 0) is 31.9 Å². The van der Waals surface area contributed by atoms with Crippen molar-refractivity contribution in [1.29, 1.82) is 0 Å². The zero-order chi connectivity index (χ0) is 14.3. The van der Waals surface area contributed by atoms with Gasteiger partial charge in [0.15, 0.2) is 0 Å². The quantitative estimate of drug-likeness (QED) is 0.910. The van der Waals surface area contributed by atoms with Gasteiger partial charge in [-0.15, -0.1) is 0 Å². The van der Waals surface area contributed by atoms with Crippen LogP contribution in [0.25, 0.3) is 0 Å². The van der Waals surface area contributed by atoms with E-state index in [0.29, 0.717) is 6.42 Å². The Morgan fingerprint density at radius 1 is 1.25 bits per heavy atom. The molecule has 2 aromatic rings. The zero-order valence-corrected chi connectivity index (χ0v) is 12.2. The molecule has 2 heterocycles. The number of hydrogen-bond donors (Lipinski definition) is 1. The third-order valence-electron chi connectivity index (χ3n) is 4.05. The van der Waals surface area contributed by atoms with E-state index in [0.717, 1.165) is 30.0 Å². The lowest BCUT2D eigenvalue weighted by atomic mass is 10.1. The standard InChI is InChI=1S/C16H19N3O/c1-10-4-5-13-8-19(9-14(13)6-10)16(20)7-15-11(2)17-18-12(15)3/h4-6H,7-9H2,1-3H3,(H,17,18). The first kappa shape index (κ1) is 12.9. The van der Waals surface area contributed by atoms with E-state index < -0.39 is 0 Å². The SMILES string of the molecule is Cc1ccc2c(c1)CN(C(=O)Cc1c(C)n[nH]c1C)C2. The fraction of sp³-hybridized carbons (Fsp3) is 0.375. The average molecular weight is 269 g/mol. The largest absolute Gasteiger partial charge is 0.334 e. The molecule has 1 amide bonds. The van der Waals surface area contributed by atoms with Crippen LogP contribution in [0, 0.1) is 20.8 Å². The third kappa shape index (κ3) is 2.22. The van der Waals surface area contributed by atoms with Gasteiger partial charge in [-0.25, -0.2) is 0 Å². The van der Waals surface area contributed by atoms with Crippen molar-refractivity contribution in [1.82, 2.24) is 15.1 Å². The topological polar surface area (TPSA) is 49.0 Å². The molecule has 0 bridgehead atoms. The van der Waals surface area contributed by atoms with Gasteiger partial charge in [0.05, 0.1) is 12.1 Å². The first-order valence-corrected chi connectivity index (χ1v) is 6.91. The second-order valence-corrected chi connectivity index (χ2v) is 5.61. The Balaban J connectivity index is 1.75. The van der Waals surface area contributed by atoms with E-state index >= 15 is 0 Å². The van der Waals surface area contributed by atoms with Gasteiger partial charge in [-0.2, -0.15) is 5.10 Å². The van der Waals surface area contributed by atoms with Crippen molar-refractivity contribution in [3.8, 4) is 0 Å². The molecular formula is C16H19N3O. The average Bonchev–Trinajstić information content (AvgIpc) is 2.96. The van der Waals surface area contributed by atoms with E-state index in [1.54, 1.807) is 0 Å². The second kappa shape index (κ2) is 4.78. The summed E-state index contributed by atoms with van der Waals surface area (Å²) < 4.78 is 0. The summed E-state index contributed by atoms with van der Waals surface area (Å²) in [5.74, 6) is 0.173. The van der Waals surface area contributed by atoms with Crippen molar-refractivity contribution in [2.45, 2.75) is 40.3 Å². The number of carbonyl (C=O) groups excluding carboxylic acids is 1. The van der Waals surface area contributed by atoms with Gasteiger partial charge in [-0.3, -0.25) is 9.89 Å². The Kier molecular flexibility index (Phi) is 3.08. The molecule has 0 radical (unpaired) electrons. The van der Waals surface area contributed by atoms with Crippen molar-refractivity contribution < 1.29 is 4.79 Å². The number of aromatic amines is 1. The molecule has 1 N–H and O–H groups in total. The van der Waals surface area contributed by atoms with Crippen molar-refractivity contribution in [2.24, 2.45) is 0 Å². The molecule has 1 aliphatic rings. The Labute approximate surface area is 118 Å². The molecule has 0 unspecified atom stereocenters. The van der Waals surface area contributed by atoms with Crippen LogP contribution < -0.4 is 0 Å². The molecule has 4 nitrogen and oxygen atoms in total. The Morgan fingerprint density at radius 3 is 2.70 bits per heavy atom. The van der Waals surface area contributed by atoms with Crippen LogP contribution in [0.4, 0.5) is 0 Å². The number of fused-ring (bicyclic) bond motifs is 1. The van der Waals surface area contributed by atoms with Crippen molar-refractivity contribution in [2.75, 3.05) is 0 Å². The van der Waals surface area contributed by atoms with Gasteiger partial charge in [0.2, 0.25) is 5.91 Å². The Hall–Kier alpha value is -2.10. The fourth-order valence-electron chi connectivity index (χ4n) is 2.80. The molecule has 0 atom stereocenters. The zero-order valence-electron chi connectivity index (χ0n) is 12.2. The third-order valence-corrected chi connectivity index (χ3v) is 4.05. The number of benzene rings is 1. The first-order chi connectivity index (χ1) is 9.54. The molecule has 1 aromatic heterocycles. The number of nitrogens with zero attached hydrogens (tertiary/aromatic N) is 2. The molecule has 0 aliphatic carbocycles. The summed E-state index contributed by atoms with van der Waals surface area (Å²) >= 11 is 0. The summed E-state index contributed by atoms with van der Waals surface area (Å²) in [4.78, 5) is 14.4. The number of carbonyl (C=O) groups is 1. The summed E-state index contributed by atoms with van der Waals surface area (Å²) in [6.45, 7) is 7.44. The Morgan fingerprint density at radius 2 is 2.00 bits per heavy atom. The molecule has 0 saturated heterocycles.